The van der Waals surface area contributed by atoms with Gasteiger partial charge in [0, 0.05) is 65.7 Å². The van der Waals surface area contributed by atoms with Crippen LogP contribution in [0.3, 0.4) is 0 Å². The first-order valence-electron chi connectivity index (χ1n) is 14.3. The maximum atomic E-state index is 6.33. The zero-order valence-corrected chi connectivity index (χ0v) is 22.3. The van der Waals surface area contributed by atoms with Gasteiger partial charge in [0.05, 0.1) is 14.2 Å². The summed E-state index contributed by atoms with van der Waals surface area (Å²) in [6.07, 6.45) is 9.36. The van der Waals surface area contributed by atoms with E-state index in [2.05, 4.69) is 52.3 Å². The Morgan fingerprint density at radius 1 is 0.622 bits per heavy atom. The molecule has 37 heavy (non-hydrogen) atoms. The fourth-order valence-electron chi connectivity index (χ4n) is 7.80. The minimum Gasteiger partial charge on any atom is -0.496 e. The molecule has 4 aliphatic heterocycles. The van der Waals surface area contributed by atoms with Crippen molar-refractivity contribution in [3.63, 3.8) is 0 Å². The molecule has 0 unspecified atom stereocenters. The van der Waals surface area contributed by atoms with Gasteiger partial charge in [0.25, 0.3) is 0 Å². The normalized spacial score (nSPS) is 17.9. The van der Waals surface area contributed by atoms with Crippen LogP contribution in [-0.4, -0.2) is 40.4 Å². The number of nitrogens with zero attached hydrogens (tertiary/aromatic N) is 2. The molecule has 0 fully saturated rings. The Kier molecular flexibility index (Phi) is 5.79. The number of aryl methyl sites for hydroxylation is 2. The molecule has 0 aliphatic carbocycles. The molecule has 4 nitrogen and oxygen atoms in total. The van der Waals surface area contributed by atoms with Crippen molar-refractivity contribution in [2.24, 2.45) is 0 Å². The molecule has 0 amide bonds. The largest absolute Gasteiger partial charge is 0.496 e. The lowest BCUT2D eigenvalue weighted by molar-refractivity contribution is 0.394. The van der Waals surface area contributed by atoms with Gasteiger partial charge in [-0.2, -0.15) is 0 Å². The van der Waals surface area contributed by atoms with Crippen LogP contribution in [0.25, 0.3) is 0 Å². The zero-order valence-electron chi connectivity index (χ0n) is 22.3. The lowest BCUT2D eigenvalue weighted by Crippen LogP contribution is -2.35. The molecule has 4 heteroatoms. The van der Waals surface area contributed by atoms with Crippen molar-refractivity contribution < 1.29 is 9.47 Å². The quantitative estimate of drug-likeness (QED) is 0.390. The third-order valence-corrected chi connectivity index (χ3v) is 9.17. The molecule has 3 aromatic rings. The third kappa shape index (κ3) is 3.63. The Morgan fingerprint density at radius 2 is 1.08 bits per heavy atom. The lowest BCUT2D eigenvalue weighted by atomic mass is 9.77. The van der Waals surface area contributed by atoms with Crippen molar-refractivity contribution in [3.05, 3.63) is 81.4 Å². The molecular weight excluding hydrogens is 456 g/mol. The first-order valence-corrected chi connectivity index (χ1v) is 14.3. The van der Waals surface area contributed by atoms with Gasteiger partial charge in [-0.3, -0.25) is 0 Å². The first kappa shape index (κ1) is 23.0. The Balaban J connectivity index is 1.51. The third-order valence-electron chi connectivity index (χ3n) is 9.17. The number of ether oxygens (including phenoxy) is 2. The van der Waals surface area contributed by atoms with Crippen LogP contribution in [-0.2, 0) is 25.7 Å². The van der Waals surface area contributed by atoms with E-state index in [4.69, 9.17) is 9.47 Å². The van der Waals surface area contributed by atoms with Crippen molar-refractivity contribution >= 4 is 11.4 Å². The van der Waals surface area contributed by atoms with E-state index in [0.29, 0.717) is 0 Å². The van der Waals surface area contributed by atoms with Crippen molar-refractivity contribution in [2.45, 2.75) is 57.3 Å². The molecule has 0 N–H and O–H groups in total. The summed E-state index contributed by atoms with van der Waals surface area (Å²) < 4.78 is 12.7. The molecular formula is C33H38N2O2. The second-order valence-corrected chi connectivity index (χ2v) is 11.2. The van der Waals surface area contributed by atoms with Crippen molar-refractivity contribution in [2.75, 3.05) is 50.2 Å². The zero-order chi connectivity index (χ0) is 24.9. The summed E-state index contributed by atoms with van der Waals surface area (Å²) in [5.41, 5.74) is 12.7. The number of methoxy groups -OCH3 is 2. The van der Waals surface area contributed by atoms with Gasteiger partial charge in [0.1, 0.15) is 11.5 Å². The standard InChI is InChI=1S/C33H38N2O2/c1-36-32-25-14-8-18-34-16-6-12-23(30(25)34)20-27(32)29(22-10-4-3-5-11-22)28-21-24-13-7-17-35-19-9-15-26(31(24)35)33(28)37-2/h3-5,10-11,20-21,29H,6-9,12-19H2,1-2H3. The van der Waals surface area contributed by atoms with Crippen LogP contribution in [0.5, 0.6) is 11.5 Å². The van der Waals surface area contributed by atoms with Crippen LogP contribution in [0.2, 0.25) is 0 Å². The van der Waals surface area contributed by atoms with Gasteiger partial charge in [-0.25, -0.2) is 0 Å². The first-order chi connectivity index (χ1) is 18.3. The molecule has 0 atom stereocenters. The van der Waals surface area contributed by atoms with Crippen LogP contribution >= 0.6 is 0 Å². The number of hydrogen-bond donors (Lipinski definition) is 0. The van der Waals surface area contributed by atoms with E-state index in [1.165, 1.54) is 102 Å². The van der Waals surface area contributed by atoms with Gasteiger partial charge in [-0.1, -0.05) is 30.3 Å². The summed E-state index contributed by atoms with van der Waals surface area (Å²) >= 11 is 0. The van der Waals surface area contributed by atoms with Gasteiger partial charge in [-0.05, 0) is 80.2 Å². The highest BCUT2D eigenvalue weighted by atomic mass is 16.5. The molecule has 4 heterocycles. The van der Waals surface area contributed by atoms with E-state index < -0.39 is 0 Å². The molecule has 0 bridgehead atoms. The van der Waals surface area contributed by atoms with Gasteiger partial charge < -0.3 is 19.3 Å². The van der Waals surface area contributed by atoms with Crippen molar-refractivity contribution in [1.29, 1.82) is 0 Å². The van der Waals surface area contributed by atoms with E-state index in [9.17, 15) is 0 Å². The Morgan fingerprint density at radius 3 is 1.54 bits per heavy atom. The van der Waals surface area contributed by atoms with Crippen LogP contribution < -0.4 is 19.3 Å². The molecule has 0 aromatic heterocycles. The highest BCUT2D eigenvalue weighted by Crippen LogP contribution is 2.51. The summed E-state index contributed by atoms with van der Waals surface area (Å²) in [7, 11) is 3.74. The second-order valence-electron chi connectivity index (χ2n) is 11.2. The Labute approximate surface area is 221 Å². The number of rotatable bonds is 5. The van der Waals surface area contributed by atoms with Gasteiger partial charge >= 0.3 is 0 Å². The average molecular weight is 495 g/mol. The number of hydrogen-bond acceptors (Lipinski definition) is 4. The molecule has 4 aliphatic rings. The maximum absolute atomic E-state index is 6.33. The van der Waals surface area contributed by atoms with Gasteiger partial charge in [0.15, 0.2) is 0 Å². The SMILES string of the molecule is COc1c(C(c2ccccc2)c2cc3c4c(c2OC)CCCN4CCC3)cc2c3c1CCCN3CCC2. The smallest absolute Gasteiger partial charge is 0.128 e. The number of anilines is 2. The maximum Gasteiger partial charge on any atom is 0.128 e. The van der Waals surface area contributed by atoms with Crippen LogP contribution in [0.1, 0.15) is 70.5 Å². The van der Waals surface area contributed by atoms with E-state index in [1.807, 2.05) is 14.2 Å². The minimum atomic E-state index is 0.0730. The summed E-state index contributed by atoms with van der Waals surface area (Å²) in [6, 6.07) is 16.0. The summed E-state index contributed by atoms with van der Waals surface area (Å²) in [5, 5.41) is 0. The molecule has 3 aromatic carbocycles. The Hall–Kier alpha value is -3.14. The van der Waals surface area contributed by atoms with E-state index in [-0.39, 0.29) is 5.92 Å². The predicted molar refractivity (Wildman–Crippen MR) is 151 cm³/mol. The second kappa shape index (κ2) is 9.31. The number of benzene rings is 3. The highest BCUT2D eigenvalue weighted by molar-refractivity contribution is 5.74. The molecule has 192 valence electrons. The summed E-state index contributed by atoms with van der Waals surface area (Å²) in [6.45, 7) is 4.68. The average Bonchev–Trinajstić information content (AvgIpc) is 2.95. The van der Waals surface area contributed by atoms with E-state index in [0.717, 1.165) is 37.2 Å². The van der Waals surface area contributed by atoms with Crippen LogP contribution in [0, 0.1) is 0 Å². The predicted octanol–water partition coefficient (Wildman–Crippen LogP) is 6.28. The van der Waals surface area contributed by atoms with Crippen molar-refractivity contribution in [1.82, 2.24) is 0 Å². The van der Waals surface area contributed by atoms with E-state index in [1.54, 1.807) is 0 Å². The van der Waals surface area contributed by atoms with Crippen LogP contribution in [0.15, 0.2) is 42.5 Å². The summed E-state index contributed by atoms with van der Waals surface area (Å²) in [4.78, 5) is 5.22. The van der Waals surface area contributed by atoms with Crippen molar-refractivity contribution in [3.8, 4) is 11.5 Å². The fraction of sp³-hybridized carbons (Fsp3) is 0.455. The molecule has 0 spiro atoms. The molecule has 0 saturated heterocycles. The Bertz CT molecular complexity index is 1240. The summed E-state index contributed by atoms with van der Waals surface area (Å²) in [5.74, 6) is 2.26. The minimum absolute atomic E-state index is 0.0730. The molecule has 0 saturated carbocycles. The lowest BCUT2D eigenvalue weighted by Gasteiger charge is -2.40. The monoisotopic (exact) mass is 494 g/mol. The van der Waals surface area contributed by atoms with Gasteiger partial charge in [-0.15, -0.1) is 0 Å². The van der Waals surface area contributed by atoms with Gasteiger partial charge in [0.2, 0.25) is 0 Å². The topological polar surface area (TPSA) is 24.9 Å². The molecule has 0 radical (unpaired) electrons. The van der Waals surface area contributed by atoms with Crippen LogP contribution in [0.4, 0.5) is 11.4 Å². The molecule has 7 rings (SSSR count). The highest BCUT2D eigenvalue weighted by Gasteiger charge is 2.35. The van der Waals surface area contributed by atoms with E-state index >= 15 is 0 Å². The fourth-order valence-corrected chi connectivity index (χ4v) is 7.80.